The van der Waals surface area contributed by atoms with Gasteiger partial charge >= 0.3 is 11.9 Å². The van der Waals surface area contributed by atoms with Gasteiger partial charge in [0.1, 0.15) is 6.04 Å². The fourth-order valence-corrected chi connectivity index (χ4v) is 5.90. The van der Waals surface area contributed by atoms with Crippen LogP contribution in [0.2, 0.25) is 0 Å². The van der Waals surface area contributed by atoms with Crippen LogP contribution in [0.5, 0.6) is 0 Å². The Bertz CT molecular complexity index is 1070. The van der Waals surface area contributed by atoms with Crippen molar-refractivity contribution in [1.82, 2.24) is 21.3 Å². The molecule has 58 heavy (non-hydrogen) atoms. The summed E-state index contributed by atoms with van der Waals surface area (Å²) in [5.74, 6) is -2.28. The molecule has 0 aromatic rings. The Hall–Kier alpha value is -3.34. The second kappa shape index (κ2) is 41.8. The van der Waals surface area contributed by atoms with Crippen LogP contribution < -0.4 is 21.3 Å². The molecule has 0 aromatic carbocycles. The highest BCUT2D eigenvalue weighted by molar-refractivity contribution is 5.83. The molecule has 16 nitrogen and oxygen atoms in total. The van der Waals surface area contributed by atoms with Crippen LogP contribution in [0.15, 0.2) is 0 Å². The van der Waals surface area contributed by atoms with E-state index in [0.717, 1.165) is 51.4 Å². The molecule has 6 N–H and O–H groups in total. The Morgan fingerprint density at radius 1 is 0.414 bits per heavy atom. The van der Waals surface area contributed by atoms with E-state index in [9.17, 15) is 33.9 Å². The van der Waals surface area contributed by atoms with E-state index in [2.05, 4.69) is 21.3 Å². The van der Waals surface area contributed by atoms with Crippen molar-refractivity contribution in [2.45, 2.75) is 161 Å². The van der Waals surface area contributed by atoms with Gasteiger partial charge in [0.15, 0.2) is 0 Å². The van der Waals surface area contributed by atoms with E-state index >= 15 is 0 Å². The first kappa shape index (κ1) is 54.7. The molecular weight excluding hydrogens is 752 g/mol. The first-order valence-corrected chi connectivity index (χ1v) is 22.0. The van der Waals surface area contributed by atoms with Gasteiger partial charge in [0.2, 0.25) is 23.6 Å². The number of ether oxygens (including phenoxy) is 4. The maximum Gasteiger partial charge on any atom is 0.326 e. The molecule has 0 fully saturated rings. The van der Waals surface area contributed by atoms with E-state index in [4.69, 9.17) is 24.1 Å². The number of hydrogen-bond acceptors (Lipinski definition) is 10. The largest absolute Gasteiger partial charge is 0.481 e. The lowest BCUT2D eigenvalue weighted by molar-refractivity contribution is -0.142. The summed E-state index contributed by atoms with van der Waals surface area (Å²) in [7, 11) is 0. The number of aliphatic carboxylic acids is 2. The molecule has 0 saturated heterocycles. The molecule has 0 aliphatic heterocycles. The molecule has 0 aromatic heterocycles. The van der Waals surface area contributed by atoms with Crippen molar-refractivity contribution in [3.8, 4) is 0 Å². The Labute approximate surface area is 347 Å². The quantitative estimate of drug-likeness (QED) is 0.0444. The molecule has 4 amide bonds. The molecule has 0 heterocycles. The molecule has 16 heteroatoms. The molecule has 0 radical (unpaired) electrons. The third-order valence-corrected chi connectivity index (χ3v) is 9.22. The molecular formula is C42H78N4O12. The Morgan fingerprint density at radius 3 is 1.24 bits per heavy atom. The molecule has 0 bridgehead atoms. The number of unbranched alkanes of at least 4 members (excludes halogenated alkanes) is 14. The summed E-state index contributed by atoms with van der Waals surface area (Å²) in [6.07, 6.45) is 19.2. The van der Waals surface area contributed by atoms with Gasteiger partial charge in [-0.3, -0.25) is 24.0 Å². The smallest absolute Gasteiger partial charge is 0.326 e. The van der Waals surface area contributed by atoms with Crippen LogP contribution >= 0.6 is 0 Å². The summed E-state index contributed by atoms with van der Waals surface area (Å²) >= 11 is 0. The van der Waals surface area contributed by atoms with Crippen molar-refractivity contribution in [3.05, 3.63) is 0 Å². The van der Waals surface area contributed by atoms with E-state index < -0.39 is 18.0 Å². The number of carboxylic acid groups (broad SMARTS) is 2. The molecule has 0 spiro atoms. The van der Waals surface area contributed by atoms with Gasteiger partial charge in [0, 0.05) is 51.7 Å². The molecule has 1 unspecified atom stereocenters. The Morgan fingerprint density at radius 2 is 0.810 bits per heavy atom. The number of amides is 4. The lowest BCUT2D eigenvalue weighted by Gasteiger charge is -2.14. The van der Waals surface area contributed by atoms with Crippen LogP contribution in [0.1, 0.15) is 155 Å². The van der Waals surface area contributed by atoms with E-state index in [1.54, 1.807) is 0 Å². The first-order valence-electron chi connectivity index (χ1n) is 22.0. The minimum Gasteiger partial charge on any atom is -0.481 e. The highest BCUT2D eigenvalue weighted by Gasteiger charge is 2.19. The second-order valence-corrected chi connectivity index (χ2v) is 14.5. The van der Waals surface area contributed by atoms with Gasteiger partial charge in [-0.1, -0.05) is 84.0 Å². The first-order chi connectivity index (χ1) is 28.1. The van der Waals surface area contributed by atoms with Crippen molar-refractivity contribution in [1.29, 1.82) is 0 Å². The molecule has 1 atom stereocenters. The van der Waals surface area contributed by atoms with Crippen LogP contribution in [-0.4, -0.2) is 124 Å². The summed E-state index contributed by atoms with van der Waals surface area (Å²) in [4.78, 5) is 69.8. The third kappa shape index (κ3) is 40.8. The van der Waals surface area contributed by atoms with Crippen LogP contribution in [-0.2, 0) is 47.7 Å². The van der Waals surface area contributed by atoms with Gasteiger partial charge in [0.25, 0.3) is 0 Å². The fraction of sp³-hybridized carbons (Fsp3) is 0.857. The summed E-state index contributed by atoms with van der Waals surface area (Å²) in [5, 5.41) is 29.1. The maximum absolute atomic E-state index is 12.3. The zero-order valence-corrected chi connectivity index (χ0v) is 35.6. The molecule has 0 rings (SSSR count). The van der Waals surface area contributed by atoms with Gasteiger partial charge in [-0.05, 0) is 38.5 Å². The number of rotatable bonds is 44. The third-order valence-electron chi connectivity index (χ3n) is 9.22. The van der Waals surface area contributed by atoms with Gasteiger partial charge < -0.3 is 50.4 Å². The van der Waals surface area contributed by atoms with E-state index in [0.29, 0.717) is 91.4 Å². The second-order valence-electron chi connectivity index (χ2n) is 14.5. The monoisotopic (exact) mass is 831 g/mol. The summed E-state index contributed by atoms with van der Waals surface area (Å²) in [6.45, 7) is 5.84. The minimum atomic E-state index is -1.05. The van der Waals surface area contributed by atoms with Gasteiger partial charge in [-0.15, -0.1) is 0 Å². The van der Waals surface area contributed by atoms with Gasteiger partial charge in [0.05, 0.1) is 52.9 Å². The standard InChI is InChI=1S/C42H78N4O12/c1-2-19-37(47)44-26-30-57-34-33-56-29-24-39(49)45-27-31-58-35-32-55-28-23-38(48)43-25-18-17-20-36(42(53)54)46-40(50)21-15-13-11-9-7-5-3-4-6-8-10-12-14-16-22-41(51)52/h36H,2-35H2,1H3,(H,43,48)(H,44,47)(H,45,49)(H,46,50)(H,51,52)(H,53,54). The minimum absolute atomic E-state index is 0.0183. The highest BCUT2D eigenvalue weighted by atomic mass is 16.5. The number of carboxylic acids is 2. The predicted molar refractivity (Wildman–Crippen MR) is 221 cm³/mol. The van der Waals surface area contributed by atoms with E-state index in [1.807, 2.05) is 6.92 Å². The number of nitrogens with one attached hydrogen (secondary N) is 4. The normalized spacial score (nSPS) is 11.5. The van der Waals surface area contributed by atoms with Gasteiger partial charge in [-0.25, -0.2) is 4.79 Å². The Kier molecular flexibility index (Phi) is 39.4. The van der Waals surface area contributed by atoms with Crippen molar-refractivity contribution in [2.75, 3.05) is 72.5 Å². The zero-order chi connectivity index (χ0) is 42.7. The summed E-state index contributed by atoms with van der Waals surface area (Å²) in [5.41, 5.74) is 0. The highest BCUT2D eigenvalue weighted by Crippen LogP contribution is 2.14. The molecule has 0 aliphatic carbocycles. The predicted octanol–water partition coefficient (Wildman–Crippen LogP) is 5.05. The van der Waals surface area contributed by atoms with Crippen molar-refractivity contribution in [3.63, 3.8) is 0 Å². The molecule has 0 saturated carbocycles. The average molecular weight is 831 g/mol. The molecule has 0 aliphatic rings. The van der Waals surface area contributed by atoms with Crippen LogP contribution in [0.3, 0.4) is 0 Å². The maximum atomic E-state index is 12.3. The topological polar surface area (TPSA) is 228 Å². The average Bonchev–Trinajstić information content (AvgIpc) is 3.18. The van der Waals surface area contributed by atoms with Crippen molar-refractivity contribution >= 4 is 35.6 Å². The van der Waals surface area contributed by atoms with Crippen LogP contribution in [0.25, 0.3) is 0 Å². The van der Waals surface area contributed by atoms with Gasteiger partial charge in [-0.2, -0.15) is 0 Å². The van der Waals surface area contributed by atoms with E-state index in [1.165, 1.54) is 44.9 Å². The Balaban J connectivity index is 3.59. The number of hydrogen-bond donors (Lipinski definition) is 6. The van der Waals surface area contributed by atoms with E-state index in [-0.39, 0.29) is 56.1 Å². The lowest BCUT2D eigenvalue weighted by atomic mass is 10.0. The summed E-state index contributed by atoms with van der Waals surface area (Å²) in [6, 6.07) is -0.938. The number of carbonyl (C=O) groups excluding carboxylic acids is 4. The van der Waals surface area contributed by atoms with Crippen molar-refractivity contribution in [2.24, 2.45) is 0 Å². The van der Waals surface area contributed by atoms with Crippen LogP contribution in [0, 0.1) is 0 Å². The SMILES string of the molecule is CCCC(=O)NCCOCCOCCC(=O)NCCOCCOCCC(=O)NCCCCC(NC(=O)CCCCCCCCCCCCCCCCC(=O)O)C(=O)O. The lowest BCUT2D eigenvalue weighted by Crippen LogP contribution is -2.40. The zero-order valence-electron chi connectivity index (χ0n) is 35.6. The van der Waals surface area contributed by atoms with Crippen LogP contribution in [0.4, 0.5) is 0 Å². The number of carbonyl (C=O) groups is 6. The fourth-order valence-electron chi connectivity index (χ4n) is 5.90. The molecule has 338 valence electrons. The summed E-state index contributed by atoms with van der Waals surface area (Å²) < 4.78 is 21.6. The van der Waals surface area contributed by atoms with Crippen molar-refractivity contribution < 1.29 is 57.9 Å².